The van der Waals surface area contributed by atoms with Gasteiger partial charge in [-0.05, 0) is 89.9 Å². The first-order valence-electron chi connectivity index (χ1n) is 24.9. The quantitative estimate of drug-likeness (QED) is 0.0263. The molecule has 0 heterocycles. The van der Waals surface area contributed by atoms with Crippen LogP contribution in [0, 0.1) is 0 Å². The largest absolute Gasteiger partial charge is 0.462 e. The molecule has 0 aliphatic carbocycles. The third-order valence-electron chi connectivity index (χ3n) is 10.0. The number of carbonyl (C=O) groups excluding carboxylic acids is 3. The highest BCUT2D eigenvalue weighted by Gasteiger charge is 2.19. The van der Waals surface area contributed by atoms with Crippen molar-refractivity contribution in [2.24, 2.45) is 0 Å². The maximum atomic E-state index is 12.7. The van der Waals surface area contributed by atoms with Crippen LogP contribution in [0.4, 0.5) is 0 Å². The molecule has 0 aliphatic rings. The first-order valence-corrected chi connectivity index (χ1v) is 24.9. The van der Waals surface area contributed by atoms with Crippen LogP contribution in [0.25, 0.3) is 0 Å². The van der Waals surface area contributed by atoms with E-state index in [9.17, 15) is 14.4 Å². The Morgan fingerprint density at radius 3 is 1.19 bits per heavy atom. The molecule has 0 amide bonds. The molecule has 0 spiro atoms. The minimum absolute atomic E-state index is 0.116. The van der Waals surface area contributed by atoms with Crippen LogP contribution < -0.4 is 0 Å². The molecule has 0 N–H and O–H groups in total. The Hall–Kier alpha value is -3.93. The maximum Gasteiger partial charge on any atom is 0.309 e. The SMILES string of the molecule is CC/C=C\C/C=C\C/C=C\C/C=C\C/C=C\CCC(=O)OC(COC(=O)C/C=C\C/C=C\C/C=C\CC)COC(=O)CCCCCCCCC/C=C\CCCCCCCCCC. The first kappa shape index (κ1) is 58.1. The zero-order valence-corrected chi connectivity index (χ0v) is 39.8. The molecule has 0 aromatic rings. The average Bonchev–Trinajstić information content (AvgIpc) is 3.27. The molecule has 0 fully saturated rings. The van der Waals surface area contributed by atoms with Gasteiger partial charge in [-0.1, -0.05) is 207 Å². The summed E-state index contributed by atoms with van der Waals surface area (Å²) in [5.74, 6) is -1.16. The fraction of sp³-hybridized carbons (Fsp3) is 0.625. The van der Waals surface area contributed by atoms with E-state index in [0.717, 1.165) is 70.6 Å². The second-order valence-electron chi connectivity index (χ2n) is 16.0. The van der Waals surface area contributed by atoms with Crippen molar-refractivity contribution >= 4 is 17.9 Å². The van der Waals surface area contributed by atoms with Gasteiger partial charge < -0.3 is 14.2 Å². The Morgan fingerprint density at radius 1 is 0.355 bits per heavy atom. The van der Waals surface area contributed by atoms with Crippen LogP contribution in [0.2, 0.25) is 0 Å². The van der Waals surface area contributed by atoms with Crippen LogP contribution >= 0.6 is 0 Å². The molecule has 350 valence electrons. The second kappa shape index (κ2) is 49.7. The van der Waals surface area contributed by atoms with Gasteiger partial charge in [-0.15, -0.1) is 0 Å². The molecular weight excluding hydrogens is 769 g/mol. The molecule has 6 nitrogen and oxygen atoms in total. The van der Waals surface area contributed by atoms with Crippen molar-refractivity contribution in [3.8, 4) is 0 Å². The molecule has 0 rings (SSSR count). The average molecular weight is 859 g/mol. The van der Waals surface area contributed by atoms with E-state index in [2.05, 4.69) is 106 Å². The van der Waals surface area contributed by atoms with Gasteiger partial charge in [0.25, 0.3) is 0 Å². The summed E-state index contributed by atoms with van der Waals surface area (Å²) in [5, 5.41) is 0. The molecule has 0 aromatic carbocycles. The summed E-state index contributed by atoms with van der Waals surface area (Å²) in [6.45, 7) is 6.22. The van der Waals surface area contributed by atoms with Crippen molar-refractivity contribution in [1.29, 1.82) is 0 Å². The number of ether oxygens (including phenoxy) is 3. The summed E-state index contributed by atoms with van der Waals surface area (Å²) in [6, 6.07) is 0. The van der Waals surface area contributed by atoms with Crippen LogP contribution in [-0.4, -0.2) is 37.2 Å². The lowest BCUT2D eigenvalue weighted by atomic mass is 10.1. The van der Waals surface area contributed by atoms with Gasteiger partial charge in [0.2, 0.25) is 0 Å². The number of hydrogen-bond donors (Lipinski definition) is 0. The zero-order valence-electron chi connectivity index (χ0n) is 39.8. The lowest BCUT2D eigenvalue weighted by Crippen LogP contribution is -2.30. The highest BCUT2D eigenvalue weighted by molar-refractivity contribution is 5.72. The summed E-state index contributed by atoms with van der Waals surface area (Å²) in [5.41, 5.74) is 0. The van der Waals surface area contributed by atoms with Crippen LogP contribution in [0.1, 0.15) is 207 Å². The lowest BCUT2D eigenvalue weighted by Gasteiger charge is -2.18. The Morgan fingerprint density at radius 2 is 0.726 bits per heavy atom. The summed E-state index contributed by atoms with van der Waals surface area (Å²) in [7, 11) is 0. The smallest absolute Gasteiger partial charge is 0.309 e. The van der Waals surface area contributed by atoms with E-state index in [1.54, 1.807) is 6.08 Å². The molecule has 0 aromatic heterocycles. The van der Waals surface area contributed by atoms with Gasteiger partial charge in [0, 0.05) is 12.8 Å². The van der Waals surface area contributed by atoms with E-state index in [-0.39, 0.29) is 32.0 Å². The minimum atomic E-state index is -0.855. The third-order valence-corrected chi connectivity index (χ3v) is 10.0. The topological polar surface area (TPSA) is 78.9 Å². The van der Waals surface area contributed by atoms with E-state index >= 15 is 0 Å². The number of hydrogen-bond acceptors (Lipinski definition) is 6. The highest BCUT2D eigenvalue weighted by atomic mass is 16.6. The van der Waals surface area contributed by atoms with Crippen LogP contribution in [0.3, 0.4) is 0 Å². The molecule has 0 radical (unpaired) electrons. The van der Waals surface area contributed by atoms with Gasteiger partial charge in [0.05, 0.1) is 6.42 Å². The van der Waals surface area contributed by atoms with Gasteiger partial charge in [-0.25, -0.2) is 0 Å². The Bertz CT molecular complexity index is 1310. The van der Waals surface area contributed by atoms with Crippen molar-refractivity contribution in [3.63, 3.8) is 0 Å². The van der Waals surface area contributed by atoms with Gasteiger partial charge in [-0.3, -0.25) is 14.4 Å². The van der Waals surface area contributed by atoms with Crippen LogP contribution in [0.5, 0.6) is 0 Å². The molecule has 6 heteroatoms. The van der Waals surface area contributed by atoms with Crippen molar-refractivity contribution in [3.05, 3.63) is 109 Å². The highest BCUT2D eigenvalue weighted by Crippen LogP contribution is 2.13. The predicted molar refractivity (Wildman–Crippen MR) is 265 cm³/mol. The summed E-state index contributed by atoms with van der Waals surface area (Å²) in [6.07, 6.45) is 67.0. The Kier molecular flexibility index (Phi) is 46.6. The first-order chi connectivity index (χ1) is 30.5. The van der Waals surface area contributed by atoms with E-state index in [4.69, 9.17) is 14.2 Å². The molecule has 1 unspecified atom stereocenters. The van der Waals surface area contributed by atoms with Crippen LogP contribution in [-0.2, 0) is 28.6 Å². The normalized spacial score (nSPS) is 13.0. The second-order valence-corrected chi connectivity index (χ2v) is 16.0. The molecule has 0 saturated carbocycles. The maximum absolute atomic E-state index is 12.7. The van der Waals surface area contributed by atoms with E-state index in [0.29, 0.717) is 12.8 Å². The third kappa shape index (κ3) is 47.1. The van der Waals surface area contributed by atoms with Crippen molar-refractivity contribution < 1.29 is 28.6 Å². The van der Waals surface area contributed by atoms with Crippen molar-refractivity contribution in [2.45, 2.75) is 213 Å². The van der Waals surface area contributed by atoms with Gasteiger partial charge in [0.1, 0.15) is 13.2 Å². The lowest BCUT2D eigenvalue weighted by molar-refractivity contribution is -0.166. The number of carbonyl (C=O) groups is 3. The van der Waals surface area contributed by atoms with E-state index in [1.807, 2.05) is 18.2 Å². The standard InChI is InChI=1S/C56H90O6/c1-4-7-10-13-16-19-21-23-25-27-28-29-31-32-34-37-40-43-46-49-55(58)61-52-53(51-60-54(57)48-45-42-39-36-18-15-12-9-6-3)62-56(59)50-47-44-41-38-35-33-30-26-24-22-20-17-14-11-8-5-2/h8-9,11-12,17-18,20,24,26-28,33,35-36,41-42,44-45,53H,4-7,10,13-16,19,21-23,25,29-32,34,37-40,43,46-52H2,1-3H3/b11-8-,12-9-,20-17-,26-24-,28-27-,35-33-,36-18-,44-41-,45-42-. The predicted octanol–water partition coefficient (Wildman–Crippen LogP) is 16.4. The molecular formula is C56H90O6. The van der Waals surface area contributed by atoms with Crippen molar-refractivity contribution in [1.82, 2.24) is 0 Å². The molecule has 1 atom stereocenters. The van der Waals surface area contributed by atoms with Gasteiger partial charge in [-0.2, -0.15) is 0 Å². The molecule has 0 aliphatic heterocycles. The number of rotatable bonds is 43. The fourth-order valence-electron chi connectivity index (χ4n) is 6.37. The minimum Gasteiger partial charge on any atom is -0.462 e. The Labute approximate surface area is 380 Å². The number of esters is 3. The van der Waals surface area contributed by atoms with Gasteiger partial charge >= 0.3 is 17.9 Å². The Balaban J connectivity index is 4.48. The fourth-order valence-corrected chi connectivity index (χ4v) is 6.37. The summed E-state index contributed by atoms with van der Waals surface area (Å²) >= 11 is 0. The monoisotopic (exact) mass is 859 g/mol. The molecule has 0 saturated heterocycles. The summed E-state index contributed by atoms with van der Waals surface area (Å²) < 4.78 is 16.5. The van der Waals surface area contributed by atoms with Crippen LogP contribution in [0.15, 0.2) is 109 Å². The summed E-state index contributed by atoms with van der Waals surface area (Å²) in [4.78, 5) is 37.7. The van der Waals surface area contributed by atoms with Crippen molar-refractivity contribution in [2.75, 3.05) is 13.2 Å². The number of allylic oxidation sites excluding steroid dienone is 17. The van der Waals surface area contributed by atoms with Gasteiger partial charge in [0.15, 0.2) is 6.10 Å². The van der Waals surface area contributed by atoms with E-state index < -0.39 is 18.0 Å². The number of unbranched alkanes of at least 4 members (excludes halogenated alkanes) is 15. The molecule has 62 heavy (non-hydrogen) atoms. The molecule has 0 bridgehead atoms. The van der Waals surface area contributed by atoms with E-state index in [1.165, 1.54) is 89.9 Å². The zero-order chi connectivity index (χ0) is 45.1.